The van der Waals surface area contributed by atoms with Crippen molar-refractivity contribution in [3.8, 4) is 0 Å². The summed E-state index contributed by atoms with van der Waals surface area (Å²) in [6, 6.07) is 0. The molecule has 22 heavy (non-hydrogen) atoms. The molecule has 0 aromatic carbocycles. The van der Waals surface area contributed by atoms with Gasteiger partial charge in [0.15, 0.2) is 5.78 Å². The highest BCUT2D eigenvalue weighted by atomic mass is 16.3. The fourth-order valence-electron chi connectivity index (χ4n) is 6.47. The number of aliphatic hydroxyl groups excluding tert-OH is 1. The van der Waals surface area contributed by atoms with E-state index in [0.717, 1.165) is 44.1 Å². The van der Waals surface area contributed by atoms with Gasteiger partial charge in [-0.3, -0.25) is 4.79 Å². The molecule has 3 saturated carbocycles. The third kappa shape index (κ3) is 1.72. The SMILES string of the molecule is CC12CC[C@H]3[C@@H](CCC4=CC(=O)CC[C@@]43C=O)[C@H]1CC[C@@H]2O. The average molecular weight is 302 g/mol. The second-order valence-corrected chi connectivity index (χ2v) is 8.35. The van der Waals surface area contributed by atoms with Crippen LogP contribution in [-0.4, -0.2) is 23.3 Å². The minimum Gasteiger partial charge on any atom is -0.393 e. The number of fused-ring (bicyclic) bond motifs is 5. The van der Waals surface area contributed by atoms with E-state index in [2.05, 4.69) is 6.92 Å². The molecule has 0 heterocycles. The molecular formula is C19H26O3. The van der Waals surface area contributed by atoms with Crippen molar-refractivity contribution in [1.29, 1.82) is 0 Å². The molecule has 0 aromatic rings. The first-order chi connectivity index (χ1) is 10.5. The zero-order chi connectivity index (χ0) is 15.5. The van der Waals surface area contributed by atoms with Crippen LogP contribution in [0.15, 0.2) is 11.6 Å². The summed E-state index contributed by atoms with van der Waals surface area (Å²) < 4.78 is 0. The molecule has 4 rings (SSSR count). The number of rotatable bonds is 1. The summed E-state index contributed by atoms with van der Waals surface area (Å²) in [5.74, 6) is 1.69. The molecule has 1 N–H and O–H groups in total. The van der Waals surface area contributed by atoms with Crippen LogP contribution in [0.5, 0.6) is 0 Å². The third-order valence-corrected chi connectivity index (χ3v) is 7.72. The second-order valence-electron chi connectivity index (χ2n) is 8.35. The average Bonchev–Trinajstić information content (AvgIpc) is 2.82. The number of aliphatic hydroxyl groups is 1. The Bertz CT molecular complexity index is 551. The Morgan fingerprint density at radius 1 is 1.14 bits per heavy atom. The standard InChI is InChI=1S/C19H26O3/c1-18-8-7-16-14(15(18)4-5-17(18)22)3-2-12-10-13(21)6-9-19(12,16)11-20/h10-11,14-17,22H,2-9H2,1H3/t14-,15+,16-,17-,18?,19+/m0/s1. The summed E-state index contributed by atoms with van der Waals surface area (Å²) in [6.07, 6.45) is 10.1. The molecule has 3 fully saturated rings. The number of carbonyl (C=O) groups is 2. The van der Waals surface area contributed by atoms with E-state index in [0.29, 0.717) is 30.6 Å². The van der Waals surface area contributed by atoms with Gasteiger partial charge in [0, 0.05) is 6.42 Å². The van der Waals surface area contributed by atoms with Crippen LogP contribution in [0.2, 0.25) is 0 Å². The van der Waals surface area contributed by atoms with Crippen molar-refractivity contribution in [2.24, 2.45) is 28.6 Å². The summed E-state index contributed by atoms with van der Waals surface area (Å²) >= 11 is 0. The molecular weight excluding hydrogens is 276 g/mol. The summed E-state index contributed by atoms with van der Waals surface area (Å²) in [5, 5.41) is 10.4. The molecule has 0 spiro atoms. The predicted molar refractivity (Wildman–Crippen MR) is 83.1 cm³/mol. The maximum absolute atomic E-state index is 12.1. The first kappa shape index (κ1) is 14.6. The fourth-order valence-corrected chi connectivity index (χ4v) is 6.47. The summed E-state index contributed by atoms with van der Waals surface area (Å²) in [5.41, 5.74) is 0.796. The predicted octanol–water partition coefficient (Wildman–Crippen LogP) is 3.06. The molecule has 4 aliphatic rings. The summed E-state index contributed by atoms with van der Waals surface area (Å²) in [7, 11) is 0. The van der Waals surface area contributed by atoms with Gasteiger partial charge < -0.3 is 9.90 Å². The Hall–Kier alpha value is -0.960. The van der Waals surface area contributed by atoms with E-state index < -0.39 is 0 Å². The van der Waals surface area contributed by atoms with Gasteiger partial charge in [-0.2, -0.15) is 0 Å². The van der Waals surface area contributed by atoms with E-state index in [-0.39, 0.29) is 22.7 Å². The van der Waals surface area contributed by atoms with Gasteiger partial charge in [0.1, 0.15) is 6.29 Å². The number of hydrogen-bond acceptors (Lipinski definition) is 3. The van der Waals surface area contributed by atoms with Crippen molar-refractivity contribution in [1.82, 2.24) is 0 Å². The van der Waals surface area contributed by atoms with Crippen LogP contribution in [0, 0.1) is 28.6 Å². The second kappa shape index (κ2) is 4.77. The van der Waals surface area contributed by atoms with Gasteiger partial charge in [-0.25, -0.2) is 0 Å². The Morgan fingerprint density at radius 2 is 1.95 bits per heavy atom. The number of hydrogen-bond donors (Lipinski definition) is 1. The largest absolute Gasteiger partial charge is 0.393 e. The van der Waals surface area contributed by atoms with Crippen molar-refractivity contribution in [2.75, 3.05) is 0 Å². The van der Waals surface area contributed by atoms with Gasteiger partial charge in [0.2, 0.25) is 0 Å². The van der Waals surface area contributed by atoms with Crippen molar-refractivity contribution in [3.05, 3.63) is 11.6 Å². The van der Waals surface area contributed by atoms with Gasteiger partial charge in [-0.05, 0) is 74.2 Å². The van der Waals surface area contributed by atoms with Crippen molar-refractivity contribution in [3.63, 3.8) is 0 Å². The Kier molecular flexibility index (Phi) is 3.17. The molecule has 0 aromatic heterocycles. The van der Waals surface area contributed by atoms with E-state index in [1.807, 2.05) is 0 Å². The highest BCUT2D eigenvalue weighted by molar-refractivity contribution is 5.93. The topological polar surface area (TPSA) is 54.4 Å². The Balaban J connectivity index is 1.73. The van der Waals surface area contributed by atoms with Gasteiger partial charge in [0.05, 0.1) is 11.5 Å². The molecule has 4 aliphatic carbocycles. The number of allylic oxidation sites excluding steroid dienone is 1. The first-order valence-corrected chi connectivity index (χ1v) is 8.89. The Morgan fingerprint density at radius 3 is 2.73 bits per heavy atom. The minimum atomic E-state index is -0.369. The van der Waals surface area contributed by atoms with Gasteiger partial charge in [0.25, 0.3) is 0 Å². The highest BCUT2D eigenvalue weighted by Crippen LogP contribution is 2.64. The number of aldehydes is 1. The lowest BCUT2D eigenvalue weighted by Gasteiger charge is -2.56. The monoisotopic (exact) mass is 302 g/mol. The van der Waals surface area contributed by atoms with Gasteiger partial charge in [-0.15, -0.1) is 0 Å². The molecule has 6 atom stereocenters. The maximum Gasteiger partial charge on any atom is 0.155 e. The molecule has 0 bridgehead atoms. The normalized spacial score (nSPS) is 50.6. The third-order valence-electron chi connectivity index (χ3n) is 7.72. The zero-order valence-electron chi connectivity index (χ0n) is 13.4. The summed E-state index contributed by atoms with van der Waals surface area (Å²) in [4.78, 5) is 23.9. The lowest BCUT2D eigenvalue weighted by molar-refractivity contribution is -0.130. The van der Waals surface area contributed by atoms with E-state index >= 15 is 0 Å². The van der Waals surface area contributed by atoms with E-state index in [4.69, 9.17) is 0 Å². The molecule has 0 amide bonds. The number of carbonyl (C=O) groups excluding carboxylic acids is 2. The smallest absolute Gasteiger partial charge is 0.155 e. The lowest BCUT2D eigenvalue weighted by Crippen LogP contribution is -2.52. The molecule has 0 saturated heterocycles. The zero-order valence-corrected chi connectivity index (χ0v) is 13.4. The quantitative estimate of drug-likeness (QED) is 0.757. The van der Waals surface area contributed by atoms with Crippen LogP contribution in [0.1, 0.15) is 58.3 Å². The van der Waals surface area contributed by atoms with E-state index in [1.165, 1.54) is 6.29 Å². The molecule has 3 heteroatoms. The van der Waals surface area contributed by atoms with Crippen LogP contribution >= 0.6 is 0 Å². The van der Waals surface area contributed by atoms with E-state index in [9.17, 15) is 14.7 Å². The maximum atomic E-state index is 12.1. The fraction of sp³-hybridized carbons (Fsp3) is 0.789. The highest BCUT2D eigenvalue weighted by Gasteiger charge is 2.60. The van der Waals surface area contributed by atoms with Crippen molar-refractivity contribution < 1.29 is 14.7 Å². The van der Waals surface area contributed by atoms with E-state index in [1.54, 1.807) is 6.08 Å². The van der Waals surface area contributed by atoms with Gasteiger partial charge >= 0.3 is 0 Å². The van der Waals surface area contributed by atoms with Crippen LogP contribution in [0.25, 0.3) is 0 Å². The van der Waals surface area contributed by atoms with Crippen molar-refractivity contribution >= 4 is 12.1 Å². The molecule has 120 valence electrons. The van der Waals surface area contributed by atoms with Gasteiger partial charge in [-0.1, -0.05) is 12.5 Å². The molecule has 1 unspecified atom stereocenters. The Labute approximate surface area is 132 Å². The van der Waals surface area contributed by atoms with Crippen LogP contribution in [0.4, 0.5) is 0 Å². The number of ketones is 1. The molecule has 0 radical (unpaired) electrons. The summed E-state index contributed by atoms with van der Waals surface area (Å²) in [6.45, 7) is 2.26. The minimum absolute atomic E-state index is 0.0525. The molecule has 0 aliphatic heterocycles. The molecule has 3 nitrogen and oxygen atoms in total. The van der Waals surface area contributed by atoms with Crippen LogP contribution in [0.3, 0.4) is 0 Å². The van der Waals surface area contributed by atoms with Crippen molar-refractivity contribution in [2.45, 2.75) is 64.4 Å². The van der Waals surface area contributed by atoms with Crippen LogP contribution in [-0.2, 0) is 9.59 Å². The lowest BCUT2D eigenvalue weighted by atomic mass is 9.47. The van der Waals surface area contributed by atoms with Crippen LogP contribution < -0.4 is 0 Å². The first-order valence-electron chi connectivity index (χ1n) is 8.89.